The maximum Gasteiger partial charge on any atom is 0.490 e. The van der Waals surface area contributed by atoms with Crippen LogP contribution in [0.3, 0.4) is 0 Å². The van der Waals surface area contributed by atoms with Crippen LogP contribution >= 0.6 is 0 Å². The Hall–Kier alpha value is -3.61. The summed E-state index contributed by atoms with van der Waals surface area (Å²) in [5.74, 6) is -3.18. The Balaban J connectivity index is 0.000000587. The minimum Gasteiger partial charge on any atom is -0.493 e. The van der Waals surface area contributed by atoms with E-state index in [0.717, 1.165) is 62.3 Å². The van der Waals surface area contributed by atoms with Gasteiger partial charge in [0.05, 0.1) is 13.7 Å². The molecule has 226 valence electrons. The lowest BCUT2D eigenvalue weighted by Gasteiger charge is -2.45. The molecule has 1 aliphatic carbocycles. The van der Waals surface area contributed by atoms with Crippen LogP contribution < -0.4 is 20.1 Å². The maximum atomic E-state index is 13.5. The van der Waals surface area contributed by atoms with E-state index in [0.29, 0.717) is 6.61 Å². The zero-order valence-electron chi connectivity index (χ0n) is 23.0. The van der Waals surface area contributed by atoms with Crippen LogP contribution in [0.25, 0.3) is 0 Å². The van der Waals surface area contributed by atoms with Crippen molar-refractivity contribution in [3.8, 4) is 11.5 Å². The average Bonchev–Trinajstić information content (AvgIpc) is 3.26. The predicted molar refractivity (Wildman–Crippen MR) is 141 cm³/mol. The Morgan fingerprint density at radius 3 is 2.41 bits per heavy atom. The van der Waals surface area contributed by atoms with Gasteiger partial charge in [0.25, 0.3) is 0 Å². The second-order valence-corrected chi connectivity index (χ2v) is 10.1. The van der Waals surface area contributed by atoms with Crippen molar-refractivity contribution in [3.63, 3.8) is 0 Å². The van der Waals surface area contributed by atoms with Gasteiger partial charge in [-0.25, -0.2) is 18.4 Å². The van der Waals surface area contributed by atoms with Crippen LogP contribution in [0.4, 0.5) is 32.4 Å². The molecule has 4 rings (SSSR count). The van der Waals surface area contributed by atoms with Gasteiger partial charge in [0.15, 0.2) is 23.1 Å². The molecule has 41 heavy (non-hydrogen) atoms. The highest BCUT2D eigenvalue weighted by Gasteiger charge is 2.50. The van der Waals surface area contributed by atoms with E-state index in [2.05, 4.69) is 41.6 Å². The lowest BCUT2D eigenvalue weighted by atomic mass is 9.65. The molecule has 0 spiro atoms. The van der Waals surface area contributed by atoms with Crippen LogP contribution in [0.2, 0.25) is 0 Å². The van der Waals surface area contributed by atoms with Gasteiger partial charge in [-0.1, -0.05) is 13.0 Å². The minimum atomic E-state index is -5.08. The van der Waals surface area contributed by atoms with Crippen molar-refractivity contribution in [2.45, 2.75) is 62.7 Å². The lowest BCUT2D eigenvalue weighted by Crippen LogP contribution is -2.52. The molecule has 2 fully saturated rings. The lowest BCUT2D eigenvalue weighted by molar-refractivity contribution is -0.192. The van der Waals surface area contributed by atoms with Gasteiger partial charge in [-0.2, -0.15) is 13.2 Å². The zero-order chi connectivity index (χ0) is 30.4. The van der Waals surface area contributed by atoms with Crippen LogP contribution in [-0.2, 0) is 10.2 Å². The first-order chi connectivity index (χ1) is 19.3. The van der Waals surface area contributed by atoms with Crippen molar-refractivity contribution >= 4 is 17.7 Å². The number of hydrogen-bond donors (Lipinski definition) is 3. The molecule has 1 heterocycles. The molecule has 1 saturated heterocycles. The molecule has 3 N–H and O–H groups in total. The molecule has 3 atom stereocenters. The molecule has 2 amide bonds. The number of likely N-dealkylation sites (tertiary alicyclic amines) is 1. The van der Waals surface area contributed by atoms with Gasteiger partial charge < -0.3 is 30.1 Å². The molecular formula is C28H34F5N3O5. The first-order valence-corrected chi connectivity index (χ1v) is 13.1. The number of fused-ring (bicyclic) bond motifs is 1. The van der Waals surface area contributed by atoms with Crippen molar-refractivity contribution in [1.29, 1.82) is 0 Å². The van der Waals surface area contributed by atoms with Crippen molar-refractivity contribution in [2.24, 2.45) is 0 Å². The second-order valence-electron chi connectivity index (χ2n) is 10.1. The molecule has 8 nitrogen and oxygen atoms in total. The van der Waals surface area contributed by atoms with Crippen molar-refractivity contribution in [1.82, 2.24) is 10.2 Å². The third-order valence-corrected chi connectivity index (χ3v) is 7.48. The molecule has 2 aromatic carbocycles. The number of carboxylic acid groups (broad SMARTS) is 1. The van der Waals surface area contributed by atoms with Crippen molar-refractivity contribution in [3.05, 3.63) is 53.6 Å². The monoisotopic (exact) mass is 587 g/mol. The summed E-state index contributed by atoms with van der Waals surface area (Å²) in [5, 5.41) is 12.8. The first kappa shape index (κ1) is 31.9. The third-order valence-electron chi connectivity index (χ3n) is 7.48. The number of aliphatic carboxylic acids is 1. The zero-order valence-corrected chi connectivity index (χ0v) is 23.0. The first-order valence-electron chi connectivity index (χ1n) is 13.1. The van der Waals surface area contributed by atoms with Crippen LogP contribution in [0.5, 0.6) is 11.5 Å². The number of carbonyl (C=O) groups excluding carboxylic acids is 1. The Morgan fingerprint density at radius 1 is 1.10 bits per heavy atom. The van der Waals surface area contributed by atoms with Crippen molar-refractivity contribution < 1.29 is 46.1 Å². The van der Waals surface area contributed by atoms with Crippen LogP contribution in [0.15, 0.2) is 36.4 Å². The van der Waals surface area contributed by atoms with E-state index in [1.54, 1.807) is 7.11 Å². The molecule has 0 bridgehead atoms. The summed E-state index contributed by atoms with van der Waals surface area (Å²) in [7, 11) is 3.80. The number of hydrogen-bond acceptors (Lipinski definition) is 5. The van der Waals surface area contributed by atoms with E-state index in [4.69, 9.17) is 19.4 Å². The summed E-state index contributed by atoms with van der Waals surface area (Å²) in [6, 6.07) is 9.43. The molecule has 1 saturated carbocycles. The normalized spacial score (nSPS) is 22.1. The fourth-order valence-electron chi connectivity index (χ4n) is 5.48. The standard InChI is InChI=1S/C26H33F2N3O3.C2HF3O2/c1-4-13-34-22-8-5-17(14-23(22)33-3)26-10-9-19(16-24(26)31(2)12-11-26)30-25(32)29-18-6-7-20(27)21(28)15-18;3-2(4,5)1(6)7/h5-8,14-15,19,24H,4,9-13,16H2,1-3H3,(H2,29,30,32);(H,6,7). The SMILES string of the molecule is CCCOc1ccc(C23CCC(NC(=O)Nc4ccc(F)c(F)c4)CC2N(C)CC3)cc1OC.O=C(O)C(F)(F)F. The highest BCUT2D eigenvalue weighted by atomic mass is 19.4. The summed E-state index contributed by atoms with van der Waals surface area (Å²) in [4.78, 5) is 23.8. The Morgan fingerprint density at radius 2 is 1.80 bits per heavy atom. The number of carbonyl (C=O) groups is 2. The quantitative estimate of drug-likeness (QED) is 0.359. The van der Waals surface area contributed by atoms with Crippen molar-refractivity contribution in [2.75, 3.05) is 32.6 Å². The number of anilines is 1. The van der Waals surface area contributed by atoms with E-state index >= 15 is 0 Å². The Kier molecular flexibility index (Phi) is 10.4. The number of amides is 2. The summed E-state index contributed by atoms with van der Waals surface area (Å²) < 4.78 is 69.8. The van der Waals surface area contributed by atoms with E-state index < -0.39 is 29.8 Å². The fourth-order valence-corrected chi connectivity index (χ4v) is 5.48. The molecule has 1 aliphatic heterocycles. The van der Waals surface area contributed by atoms with E-state index in [1.165, 1.54) is 11.6 Å². The number of methoxy groups -OCH3 is 1. The van der Waals surface area contributed by atoms with E-state index in [-0.39, 0.29) is 23.2 Å². The predicted octanol–water partition coefficient (Wildman–Crippen LogP) is 5.71. The van der Waals surface area contributed by atoms with E-state index in [1.807, 2.05) is 6.07 Å². The Labute approximate surface area is 234 Å². The number of ether oxygens (including phenoxy) is 2. The molecule has 0 aromatic heterocycles. The third kappa shape index (κ3) is 7.78. The topological polar surface area (TPSA) is 100 Å². The van der Waals surface area contributed by atoms with E-state index in [9.17, 15) is 26.7 Å². The van der Waals surface area contributed by atoms with Crippen LogP contribution in [0, 0.1) is 11.6 Å². The highest BCUT2D eigenvalue weighted by molar-refractivity contribution is 5.89. The molecule has 0 radical (unpaired) electrons. The van der Waals surface area contributed by atoms with Crippen LogP contribution in [0.1, 0.15) is 44.6 Å². The number of rotatable bonds is 7. The molecule has 3 unspecified atom stereocenters. The molecular weight excluding hydrogens is 553 g/mol. The molecule has 13 heteroatoms. The number of nitrogens with one attached hydrogen (secondary N) is 2. The highest BCUT2D eigenvalue weighted by Crippen LogP contribution is 2.50. The smallest absolute Gasteiger partial charge is 0.490 e. The average molecular weight is 588 g/mol. The van der Waals surface area contributed by atoms with Gasteiger partial charge in [-0.3, -0.25) is 0 Å². The maximum absolute atomic E-state index is 13.5. The largest absolute Gasteiger partial charge is 0.493 e. The number of urea groups is 1. The van der Waals surface area contributed by atoms with Gasteiger partial charge in [-0.05, 0) is 75.5 Å². The minimum absolute atomic E-state index is 0.0138. The number of benzene rings is 2. The summed E-state index contributed by atoms with van der Waals surface area (Å²) >= 11 is 0. The van der Waals surface area contributed by atoms with Gasteiger partial charge in [-0.15, -0.1) is 0 Å². The second kappa shape index (κ2) is 13.4. The number of alkyl halides is 3. The molecule has 2 aliphatic rings. The van der Waals surface area contributed by atoms with Gasteiger partial charge >= 0.3 is 18.2 Å². The number of halogens is 5. The fraction of sp³-hybridized carbons (Fsp3) is 0.500. The number of nitrogens with zero attached hydrogens (tertiary/aromatic N) is 1. The van der Waals surface area contributed by atoms with Gasteiger partial charge in [0.2, 0.25) is 0 Å². The summed E-state index contributed by atoms with van der Waals surface area (Å²) in [6.45, 7) is 3.70. The Bertz CT molecular complexity index is 1230. The van der Waals surface area contributed by atoms with Crippen LogP contribution in [-0.4, -0.2) is 67.6 Å². The number of carboxylic acids is 1. The number of likely N-dealkylation sites (N-methyl/N-ethyl adjacent to an activating group) is 1. The van der Waals surface area contributed by atoms with Gasteiger partial charge in [0, 0.05) is 29.3 Å². The van der Waals surface area contributed by atoms with Gasteiger partial charge in [0.1, 0.15) is 0 Å². The summed E-state index contributed by atoms with van der Waals surface area (Å²) in [5.41, 5.74) is 1.45. The summed E-state index contributed by atoms with van der Waals surface area (Å²) in [6.07, 6.45) is -0.555. The molecule has 2 aromatic rings.